The van der Waals surface area contributed by atoms with Crippen LogP contribution in [-0.2, 0) is 11.0 Å². The van der Waals surface area contributed by atoms with Crippen LogP contribution in [0.1, 0.15) is 55.5 Å². The second-order valence-electron chi connectivity index (χ2n) is 8.58. The third kappa shape index (κ3) is 6.66. The molecule has 0 bridgehead atoms. The first kappa shape index (κ1) is 24.5. The Morgan fingerprint density at radius 1 is 1.21 bits per heavy atom. The number of anilines is 3. The van der Waals surface area contributed by atoms with Gasteiger partial charge < -0.3 is 16.0 Å². The first-order valence-electron chi connectivity index (χ1n) is 11.0. The first-order chi connectivity index (χ1) is 15.7. The van der Waals surface area contributed by atoms with E-state index >= 15 is 0 Å². The molecule has 2 atom stereocenters. The van der Waals surface area contributed by atoms with Gasteiger partial charge in [-0.25, -0.2) is 4.98 Å². The van der Waals surface area contributed by atoms with E-state index < -0.39 is 23.7 Å². The van der Waals surface area contributed by atoms with Crippen molar-refractivity contribution >= 4 is 29.6 Å². The number of carbonyl (C=O) groups excluding carboxylic acids is 2. The van der Waals surface area contributed by atoms with E-state index in [0.717, 1.165) is 19.0 Å². The average molecular weight is 464 g/mol. The Hall–Kier alpha value is -3.17. The van der Waals surface area contributed by atoms with Gasteiger partial charge in [0, 0.05) is 30.0 Å². The zero-order valence-electron chi connectivity index (χ0n) is 18.6. The monoisotopic (exact) mass is 463 g/mol. The summed E-state index contributed by atoms with van der Waals surface area (Å²) in [6, 6.07) is 5.89. The molecule has 10 heteroatoms. The number of rotatable bonds is 9. The maximum Gasteiger partial charge on any atom is 0.421 e. The minimum absolute atomic E-state index is 0.0275. The molecule has 0 spiro atoms. The number of benzene rings is 1. The molecule has 0 saturated heterocycles. The molecule has 1 heterocycles. The Bertz CT molecular complexity index is 964. The molecule has 33 heavy (non-hydrogen) atoms. The van der Waals surface area contributed by atoms with Crippen LogP contribution in [0.5, 0.6) is 0 Å². The molecule has 1 aliphatic carbocycles. The Balaban J connectivity index is 1.78. The molecule has 1 aliphatic rings. The van der Waals surface area contributed by atoms with E-state index in [-0.39, 0.29) is 17.7 Å². The normalized spacial score (nSPS) is 18.2. The summed E-state index contributed by atoms with van der Waals surface area (Å²) in [5.74, 6) is -0.530. The van der Waals surface area contributed by atoms with Gasteiger partial charge in [0.15, 0.2) is 0 Å². The van der Waals surface area contributed by atoms with E-state index in [9.17, 15) is 22.8 Å². The van der Waals surface area contributed by atoms with Gasteiger partial charge in [-0.15, -0.1) is 0 Å². The third-order valence-corrected chi connectivity index (χ3v) is 5.59. The molecule has 2 aromatic rings. The lowest BCUT2D eigenvalue weighted by Crippen LogP contribution is -2.39. The van der Waals surface area contributed by atoms with Crippen molar-refractivity contribution in [1.29, 1.82) is 0 Å². The molecule has 1 aromatic carbocycles. The third-order valence-electron chi connectivity index (χ3n) is 5.59. The van der Waals surface area contributed by atoms with E-state index in [4.69, 9.17) is 0 Å². The zero-order valence-corrected chi connectivity index (χ0v) is 18.6. The van der Waals surface area contributed by atoms with Crippen LogP contribution < -0.4 is 16.0 Å². The molecule has 3 rings (SSSR count). The molecule has 0 radical (unpaired) electrons. The number of aromatic nitrogens is 2. The predicted octanol–water partition coefficient (Wildman–Crippen LogP) is 4.79. The Kier molecular flexibility index (Phi) is 7.88. The summed E-state index contributed by atoms with van der Waals surface area (Å²) in [5, 5.41) is 8.62. The van der Waals surface area contributed by atoms with Gasteiger partial charge in [0.25, 0.3) is 0 Å². The van der Waals surface area contributed by atoms with Crippen LogP contribution in [0.2, 0.25) is 0 Å². The van der Waals surface area contributed by atoms with E-state index in [2.05, 4.69) is 39.8 Å². The Morgan fingerprint density at radius 2 is 1.94 bits per heavy atom. The fourth-order valence-corrected chi connectivity index (χ4v) is 3.77. The number of aldehydes is 1. The SMILES string of the molecule is CC(C)CCNC(=O)C1CCCC1Nc1nc(Nc2ccc(C=O)cc2)ncc1C(F)(F)F. The highest BCUT2D eigenvalue weighted by molar-refractivity contribution is 5.80. The van der Waals surface area contributed by atoms with Gasteiger partial charge in [-0.2, -0.15) is 18.2 Å². The molecule has 1 aromatic heterocycles. The minimum atomic E-state index is -4.65. The number of alkyl halides is 3. The van der Waals surface area contributed by atoms with Crippen molar-refractivity contribution in [2.45, 2.75) is 51.7 Å². The van der Waals surface area contributed by atoms with Crippen LogP contribution in [0, 0.1) is 11.8 Å². The van der Waals surface area contributed by atoms with Gasteiger partial charge in [-0.1, -0.05) is 20.3 Å². The summed E-state index contributed by atoms with van der Waals surface area (Å²) >= 11 is 0. The second-order valence-corrected chi connectivity index (χ2v) is 8.58. The van der Waals surface area contributed by atoms with Gasteiger partial charge in [0.1, 0.15) is 17.7 Å². The molecule has 3 N–H and O–H groups in total. The summed E-state index contributed by atoms with van der Waals surface area (Å²) in [6.07, 6.45) is -0.489. The fraction of sp³-hybridized carbons (Fsp3) is 0.478. The Morgan fingerprint density at radius 3 is 2.58 bits per heavy atom. The summed E-state index contributed by atoms with van der Waals surface area (Å²) in [7, 11) is 0. The van der Waals surface area contributed by atoms with Crippen LogP contribution in [0.25, 0.3) is 0 Å². The summed E-state index contributed by atoms with van der Waals surface area (Å²) in [5.41, 5.74) is -0.00000924. The highest BCUT2D eigenvalue weighted by atomic mass is 19.4. The lowest BCUT2D eigenvalue weighted by molar-refractivity contribution is -0.137. The average Bonchev–Trinajstić information content (AvgIpc) is 3.21. The van der Waals surface area contributed by atoms with Gasteiger partial charge >= 0.3 is 6.18 Å². The quantitative estimate of drug-likeness (QED) is 0.463. The van der Waals surface area contributed by atoms with Gasteiger partial charge in [0.2, 0.25) is 11.9 Å². The summed E-state index contributed by atoms with van der Waals surface area (Å²) < 4.78 is 40.8. The van der Waals surface area contributed by atoms with Crippen LogP contribution in [0.3, 0.4) is 0 Å². The molecule has 0 aliphatic heterocycles. The van der Waals surface area contributed by atoms with Crippen LogP contribution in [-0.4, -0.2) is 34.7 Å². The molecule has 1 saturated carbocycles. The number of nitrogens with one attached hydrogen (secondary N) is 3. The largest absolute Gasteiger partial charge is 0.421 e. The van der Waals surface area contributed by atoms with E-state index in [0.29, 0.717) is 42.8 Å². The lowest BCUT2D eigenvalue weighted by Gasteiger charge is -2.23. The zero-order chi connectivity index (χ0) is 24.0. The van der Waals surface area contributed by atoms with E-state index in [1.807, 2.05) is 0 Å². The van der Waals surface area contributed by atoms with Crippen molar-refractivity contribution in [1.82, 2.24) is 15.3 Å². The van der Waals surface area contributed by atoms with Crippen LogP contribution >= 0.6 is 0 Å². The minimum Gasteiger partial charge on any atom is -0.366 e. The molecule has 1 fully saturated rings. The van der Waals surface area contributed by atoms with Crippen molar-refractivity contribution in [3.05, 3.63) is 41.6 Å². The fourth-order valence-electron chi connectivity index (χ4n) is 3.77. The second kappa shape index (κ2) is 10.6. The Labute approximate surface area is 190 Å². The lowest BCUT2D eigenvalue weighted by atomic mass is 10.0. The number of hydrogen-bond acceptors (Lipinski definition) is 6. The summed E-state index contributed by atoms with van der Waals surface area (Å²) in [4.78, 5) is 31.3. The number of halogens is 3. The number of carbonyl (C=O) groups is 2. The van der Waals surface area contributed by atoms with E-state index in [1.165, 1.54) is 0 Å². The molecule has 178 valence electrons. The number of hydrogen-bond donors (Lipinski definition) is 3. The van der Waals surface area contributed by atoms with Gasteiger partial charge in [-0.3, -0.25) is 9.59 Å². The number of amides is 1. The van der Waals surface area contributed by atoms with Gasteiger partial charge in [0.05, 0.1) is 5.92 Å². The molecule has 2 unspecified atom stereocenters. The highest BCUT2D eigenvalue weighted by Gasteiger charge is 2.38. The summed E-state index contributed by atoms with van der Waals surface area (Å²) in [6.45, 7) is 4.66. The van der Waals surface area contributed by atoms with Crippen molar-refractivity contribution in [2.75, 3.05) is 17.2 Å². The maximum absolute atomic E-state index is 13.6. The maximum atomic E-state index is 13.6. The highest BCUT2D eigenvalue weighted by Crippen LogP contribution is 2.36. The smallest absolute Gasteiger partial charge is 0.366 e. The van der Waals surface area contributed by atoms with E-state index in [1.54, 1.807) is 24.3 Å². The van der Waals surface area contributed by atoms with Crippen molar-refractivity contribution < 1.29 is 22.8 Å². The van der Waals surface area contributed by atoms with Gasteiger partial charge in [-0.05, 0) is 49.4 Å². The van der Waals surface area contributed by atoms with Crippen molar-refractivity contribution in [2.24, 2.45) is 11.8 Å². The van der Waals surface area contributed by atoms with Crippen molar-refractivity contribution in [3.63, 3.8) is 0 Å². The van der Waals surface area contributed by atoms with Crippen molar-refractivity contribution in [3.8, 4) is 0 Å². The number of nitrogens with zero attached hydrogens (tertiary/aromatic N) is 2. The molecule has 7 nitrogen and oxygen atoms in total. The first-order valence-corrected chi connectivity index (χ1v) is 11.0. The topological polar surface area (TPSA) is 96.0 Å². The van der Waals surface area contributed by atoms with Crippen LogP contribution in [0.15, 0.2) is 30.5 Å². The molecular formula is C23H28F3N5O2. The van der Waals surface area contributed by atoms with Crippen LogP contribution in [0.4, 0.5) is 30.6 Å². The standard InChI is InChI=1S/C23H28F3N5O2/c1-14(2)10-11-27-21(33)17-4-3-5-19(17)30-20-18(23(24,25)26)12-28-22(31-20)29-16-8-6-15(13-32)7-9-16/h6-9,12-14,17,19H,3-5,10-11H2,1-2H3,(H,27,33)(H2,28,29,30,31). The molecular weight excluding hydrogens is 435 g/mol. The molecule has 1 amide bonds. The predicted molar refractivity (Wildman–Crippen MR) is 119 cm³/mol.